The second-order valence-electron chi connectivity index (χ2n) is 3.36. The Hall–Kier alpha value is -0.800. The Labute approximate surface area is 85.9 Å². The standard InChI is InChI=1S/C11H20N2O/c1-2-3-6-12-7-8-13-10-11-5-4-9-14-11/h4-5,9,12-13H,2-3,6-8,10H2,1H3. The predicted molar refractivity (Wildman–Crippen MR) is 58.2 cm³/mol. The molecule has 0 aliphatic rings. The van der Waals surface area contributed by atoms with Gasteiger partial charge in [0.2, 0.25) is 0 Å². The first-order chi connectivity index (χ1) is 6.93. The van der Waals surface area contributed by atoms with Crippen LogP contribution in [0.1, 0.15) is 25.5 Å². The van der Waals surface area contributed by atoms with E-state index in [9.17, 15) is 0 Å². The molecule has 80 valence electrons. The molecule has 0 spiro atoms. The van der Waals surface area contributed by atoms with Crippen molar-refractivity contribution in [3.05, 3.63) is 24.2 Å². The van der Waals surface area contributed by atoms with E-state index in [4.69, 9.17) is 4.42 Å². The molecule has 0 aliphatic carbocycles. The van der Waals surface area contributed by atoms with Crippen LogP contribution in [-0.4, -0.2) is 19.6 Å². The minimum atomic E-state index is 0.822. The van der Waals surface area contributed by atoms with Gasteiger partial charge >= 0.3 is 0 Å². The molecule has 0 saturated carbocycles. The number of nitrogens with one attached hydrogen (secondary N) is 2. The highest BCUT2D eigenvalue weighted by Crippen LogP contribution is 1.97. The van der Waals surface area contributed by atoms with Crippen molar-refractivity contribution in [2.75, 3.05) is 19.6 Å². The Morgan fingerprint density at radius 2 is 2.07 bits per heavy atom. The molecule has 0 fully saturated rings. The smallest absolute Gasteiger partial charge is 0.117 e. The summed E-state index contributed by atoms with van der Waals surface area (Å²) in [6.45, 7) is 6.17. The molecule has 0 aliphatic heterocycles. The zero-order valence-electron chi connectivity index (χ0n) is 8.88. The average molecular weight is 196 g/mol. The first-order valence-corrected chi connectivity index (χ1v) is 5.37. The maximum Gasteiger partial charge on any atom is 0.117 e. The van der Waals surface area contributed by atoms with Crippen molar-refractivity contribution in [2.24, 2.45) is 0 Å². The molecule has 1 aromatic heterocycles. The third-order valence-corrected chi connectivity index (χ3v) is 2.06. The van der Waals surface area contributed by atoms with E-state index in [1.807, 2.05) is 12.1 Å². The second kappa shape index (κ2) is 7.59. The summed E-state index contributed by atoms with van der Waals surface area (Å²) in [5, 5.41) is 6.68. The maximum absolute atomic E-state index is 5.20. The van der Waals surface area contributed by atoms with Gasteiger partial charge in [-0.3, -0.25) is 0 Å². The molecular formula is C11H20N2O. The molecule has 14 heavy (non-hydrogen) atoms. The Kier molecular flexibility index (Phi) is 6.11. The first kappa shape index (κ1) is 11.3. The maximum atomic E-state index is 5.20. The zero-order valence-corrected chi connectivity index (χ0v) is 8.88. The van der Waals surface area contributed by atoms with Gasteiger partial charge in [-0.25, -0.2) is 0 Å². The average Bonchev–Trinajstić information content (AvgIpc) is 2.69. The molecule has 1 rings (SSSR count). The van der Waals surface area contributed by atoms with Crippen LogP contribution in [0, 0.1) is 0 Å². The van der Waals surface area contributed by atoms with E-state index in [1.165, 1.54) is 12.8 Å². The third-order valence-electron chi connectivity index (χ3n) is 2.06. The molecule has 0 saturated heterocycles. The Bertz CT molecular complexity index is 209. The van der Waals surface area contributed by atoms with Crippen molar-refractivity contribution in [3.63, 3.8) is 0 Å². The van der Waals surface area contributed by atoms with Gasteiger partial charge in [-0.15, -0.1) is 0 Å². The lowest BCUT2D eigenvalue weighted by atomic mass is 10.3. The van der Waals surface area contributed by atoms with Crippen LogP contribution in [0.3, 0.4) is 0 Å². The van der Waals surface area contributed by atoms with Crippen molar-refractivity contribution < 1.29 is 4.42 Å². The van der Waals surface area contributed by atoms with Crippen LogP contribution in [0.2, 0.25) is 0 Å². The highest BCUT2D eigenvalue weighted by Gasteiger charge is 1.93. The van der Waals surface area contributed by atoms with E-state index in [0.717, 1.165) is 31.9 Å². The van der Waals surface area contributed by atoms with Crippen molar-refractivity contribution in [2.45, 2.75) is 26.3 Å². The fourth-order valence-electron chi connectivity index (χ4n) is 1.23. The summed E-state index contributed by atoms with van der Waals surface area (Å²) in [5.41, 5.74) is 0. The molecule has 3 nitrogen and oxygen atoms in total. The Morgan fingerprint density at radius 3 is 2.79 bits per heavy atom. The summed E-state index contributed by atoms with van der Waals surface area (Å²) in [6.07, 6.45) is 4.22. The van der Waals surface area contributed by atoms with Gasteiger partial charge in [0.1, 0.15) is 5.76 Å². The predicted octanol–water partition coefficient (Wildman–Crippen LogP) is 1.76. The summed E-state index contributed by atoms with van der Waals surface area (Å²) < 4.78 is 5.20. The summed E-state index contributed by atoms with van der Waals surface area (Å²) in [4.78, 5) is 0. The number of furan rings is 1. The SMILES string of the molecule is CCCCNCCNCc1ccco1. The third kappa shape index (κ3) is 5.04. The molecule has 0 aromatic carbocycles. The lowest BCUT2D eigenvalue weighted by Gasteiger charge is -2.04. The van der Waals surface area contributed by atoms with Crippen LogP contribution in [0.5, 0.6) is 0 Å². The molecule has 0 amide bonds. The molecule has 0 atom stereocenters. The Balaban J connectivity index is 1.85. The van der Waals surface area contributed by atoms with E-state index >= 15 is 0 Å². The van der Waals surface area contributed by atoms with Gasteiger partial charge in [0, 0.05) is 13.1 Å². The lowest BCUT2D eigenvalue weighted by molar-refractivity contribution is 0.479. The number of hydrogen-bond acceptors (Lipinski definition) is 3. The highest BCUT2D eigenvalue weighted by molar-refractivity contribution is 4.97. The Morgan fingerprint density at radius 1 is 1.21 bits per heavy atom. The van der Waals surface area contributed by atoms with Crippen LogP contribution in [0.25, 0.3) is 0 Å². The molecular weight excluding hydrogens is 176 g/mol. The van der Waals surface area contributed by atoms with Gasteiger partial charge in [0.25, 0.3) is 0 Å². The molecule has 0 unspecified atom stereocenters. The summed E-state index contributed by atoms with van der Waals surface area (Å²) in [6, 6.07) is 3.90. The number of unbranched alkanes of at least 4 members (excludes halogenated alkanes) is 1. The van der Waals surface area contributed by atoms with E-state index in [2.05, 4.69) is 17.6 Å². The monoisotopic (exact) mass is 196 g/mol. The van der Waals surface area contributed by atoms with Gasteiger partial charge in [-0.05, 0) is 25.1 Å². The minimum Gasteiger partial charge on any atom is -0.468 e. The van der Waals surface area contributed by atoms with E-state index in [0.29, 0.717) is 0 Å². The summed E-state index contributed by atoms with van der Waals surface area (Å²) >= 11 is 0. The summed E-state index contributed by atoms with van der Waals surface area (Å²) in [7, 11) is 0. The van der Waals surface area contributed by atoms with Crippen molar-refractivity contribution in [1.82, 2.24) is 10.6 Å². The molecule has 1 heterocycles. The van der Waals surface area contributed by atoms with E-state index in [1.54, 1.807) is 6.26 Å². The van der Waals surface area contributed by atoms with Gasteiger partial charge in [0.15, 0.2) is 0 Å². The quantitative estimate of drug-likeness (QED) is 0.622. The fourth-order valence-corrected chi connectivity index (χ4v) is 1.23. The van der Waals surface area contributed by atoms with Gasteiger partial charge in [-0.2, -0.15) is 0 Å². The fraction of sp³-hybridized carbons (Fsp3) is 0.636. The van der Waals surface area contributed by atoms with Gasteiger partial charge in [0.05, 0.1) is 12.8 Å². The minimum absolute atomic E-state index is 0.822. The summed E-state index contributed by atoms with van der Waals surface area (Å²) in [5.74, 6) is 0.999. The molecule has 3 heteroatoms. The van der Waals surface area contributed by atoms with Gasteiger partial charge < -0.3 is 15.1 Å². The molecule has 0 radical (unpaired) electrons. The first-order valence-electron chi connectivity index (χ1n) is 5.37. The van der Waals surface area contributed by atoms with Crippen LogP contribution in [0.4, 0.5) is 0 Å². The van der Waals surface area contributed by atoms with Crippen LogP contribution < -0.4 is 10.6 Å². The topological polar surface area (TPSA) is 37.2 Å². The molecule has 0 bridgehead atoms. The van der Waals surface area contributed by atoms with Gasteiger partial charge in [-0.1, -0.05) is 13.3 Å². The molecule has 2 N–H and O–H groups in total. The van der Waals surface area contributed by atoms with Crippen molar-refractivity contribution in [3.8, 4) is 0 Å². The largest absolute Gasteiger partial charge is 0.468 e. The van der Waals surface area contributed by atoms with Crippen molar-refractivity contribution >= 4 is 0 Å². The number of hydrogen-bond donors (Lipinski definition) is 2. The lowest BCUT2D eigenvalue weighted by Crippen LogP contribution is -2.27. The number of rotatable bonds is 8. The molecule has 1 aromatic rings. The highest BCUT2D eigenvalue weighted by atomic mass is 16.3. The van der Waals surface area contributed by atoms with Crippen LogP contribution in [0.15, 0.2) is 22.8 Å². The van der Waals surface area contributed by atoms with Crippen molar-refractivity contribution in [1.29, 1.82) is 0 Å². The van der Waals surface area contributed by atoms with Crippen LogP contribution in [-0.2, 0) is 6.54 Å². The second-order valence-corrected chi connectivity index (χ2v) is 3.36. The normalized spacial score (nSPS) is 10.6. The zero-order chi connectivity index (χ0) is 10.1. The van der Waals surface area contributed by atoms with Crippen LogP contribution >= 0.6 is 0 Å². The van der Waals surface area contributed by atoms with E-state index in [-0.39, 0.29) is 0 Å². The van der Waals surface area contributed by atoms with E-state index < -0.39 is 0 Å².